The zero-order valence-electron chi connectivity index (χ0n) is 14.8. The number of benzene rings is 3. The van der Waals surface area contributed by atoms with Gasteiger partial charge in [0, 0.05) is 68.3 Å². The molecule has 3 aromatic carbocycles. The quantitative estimate of drug-likeness (QED) is 0.348. The van der Waals surface area contributed by atoms with Crippen molar-refractivity contribution in [2.75, 3.05) is 10.6 Å². The summed E-state index contributed by atoms with van der Waals surface area (Å²) in [6.45, 7) is 0. The highest BCUT2D eigenvalue weighted by molar-refractivity contribution is 6.04. The van der Waals surface area contributed by atoms with E-state index in [1.807, 2.05) is 48.5 Å². The van der Waals surface area contributed by atoms with Gasteiger partial charge >= 0.3 is 0 Å². The van der Waals surface area contributed by atoms with Gasteiger partial charge in [0.2, 0.25) is 0 Å². The summed E-state index contributed by atoms with van der Waals surface area (Å²) < 4.78 is 0. The van der Waals surface area contributed by atoms with E-state index in [0.29, 0.717) is 0 Å². The normalized spacial score (nSPS) is 15.8. The maximum atomic E-state index is 9.34. The molecule has 0 radical (unpaired) electrons. The second kappa shape index (κ2) is 6.16. The van der Waals surface area contributed by atoms with Gasteiger partial charge in [-0.25, -0.2) is 0 Å². The number of fused-ring (bicyclic) bond motifs is 4. The molecule has 4 heteroatoms. The molecule has 0 fully saturated rings. The van der Waals surface area contributed by atoms with Crippen LogP contribution in [0.25, 0.3) is 11.1 Å². The molecular formula is C24H14N4. The number of hydrogen-bond acceptors (Lipinski definition) is 4. The van der Waals surface area contributed by atoms with Crippen LogP contribution in [0, 0.1) is 22.7 Å². The Kier molecular flexibility index (Phi) is 3.50. The molecule has 130 valence electrons. The molecule has 2 aliphatic heterocycles. The molecule has 4 nitrogen and oxygen atoms in total. The Hall–Kier alpha value is -4.28. The third kappa shape index (κ3) is 2.30. The van der Waals surface area contributed by atoms with Crippen LogP contribution in [0.2, 0.25) is 0 Å². The van der Waals surface area contributed by atoms with Gasteiger partial charge in [-0.05, 0) is 24.3 Å². The lowest BCUT2D eigenvalue weighted by Gasteiger charge is -2.29. The van der Waals surface area contributed by atoms with Gasteiger partial charge in [0.25, 0.3) is 0 Å². The van der Waals surface area contributed by atoms with Crippen molar-refractivity contribution < 1.29 is 0 Å². The van der Waals surface area contributed by atoms with Crippen molar-refractivity contribution >= 4 is 33.9 Å². The molecule has 0 aliphatic carbocycles. The summed E-state index contributed by atoms with van der Waals surface area (Å²) in [5, 5.41) is 25.6. The van der Waals surface area contributed by atoms with E-state index in [1.165, 1.54) is 0 Å². The van der Waals surface area contributed by atoms with Crippen LogP contribution < -0.4 is 10.6 Å². The van der Waals surface area contributed by atoms with E-state index in [4.69, 9.17) is 0 Å². The van der Waals surface area contributed by atoms with Crippen molar-refractivity contribution in [1.29, 1.82) is 10.5 Å². The molecule has 0 amide bonds. The molecule has 2 aliphatic rings. The minimum atomic E-state index is 0.890. The molecule has 0 spiro atoms. The fourth-order valence-corrected chi connectivity index (χ4v) is 3.93. The first-order valence-electron chi connectivity index (χ1n) is 8.91. The number of para-hydroxylation sites is 2. The van der Waals surface area contributed by atoms with Gasteiger partial charge in [-0.1, -0.05) is 36.4 Å². The lowest BCUT2D eigenvalue weighted by atomic mass is 9.85. The van der Waals surface area contributed by atoms with Gasteiger partial charge in [-0.3, -0.25) is 0 Å². The fraction of sp³-hybridized carbons (Fsp3) is 0. The van der Waals surface area contributed by atoms with Gasteiger partial charge in [0.1, 0.15) is 0 Å². The standard InChI is InChI=1S/C24H14N4/c25-11-9-15-17-5-1-3-7-21(17)27-23-14-20-16(10-12-26)18-6-2-4-8-22(18)28-24(20)13-19(15)23/h1-10,13-14,27-28H. The molecule has 3 aromatic rings. The molecule has 5 rings (SSSR count). The highest BCUT2D eigenvalue weighted by Gasteiger charge is 2.26. The highest BCUT2D eigenvalue weighted by Crippen LogP contribution is 2.47. The smallest absolute Gasteiger partial charge is 0.0918 e. The molecule has 0 unspecified atom stereocenters. The van der Waals surface area contributed by atoms with Crippen molar-refractivity contribution in [3.63, 3.8) is 0 Å². The Labute approximate surface area is 162 Å². The molecular weight excluding hydrogens is 344 g/mol. The Morgan fingerprint density at radius 2 is 1.00 bits per heavy atom. The Balaban J connectivity index is 1.76. The van der Waals surface area contributed by atoms with Gasteiger partial charge in [0.15, 0.2) is 0 Å². The van der Waals surface area contributed by atoms with E-state index < -0.39 is 0 Å². The maximum Gasteiger partial charge on any atom is 0.0918 e. The van der Waals surface area contributed by atoms with Gasteiger partial charge in [0.05, 0.1) is 12.1 Å². The highest BCUT2D eigenvalue weighted by atomic mass is 14.9. The third-order valence-corrected chi connectivity index (χ3v) is 5.13. The third-order valence-electron chi connectivity index (χ3n) is 5.13. The van der Waals surface area contributed by atoms with Crippen LogP contribution in [-0.2, 0) is 0 Å². The predicted molar refractivity (Wildman–Crippen MR) is 111 cm³/mol. The average molecular weight is 358 g/mol. The van der Waals surface area contributed by atoms with Crippen LogP contribution in [0.1, 0.15) is 22.3 Å². The number of nitriles is 2. The van der Waals surface area contributed by atoms with E-state index >= 15 is 0 Å². The van der Waals surface area contributed by atoms with E-state index in [0.717, 1.165) is 56.1 Å². The van der Waals surface area contributed by atoms with E-state index in [2.05, 4.69) is 34.9 Å². The summed E-state index contributed by atoms with van der Waals surface area (Å²) in [6.07, 6.45) is 3.18. The molecule has 2 heterocycles. The van der Waals surface area contributed by atoms with Crippen molar-refractivity contribution in [3.05, 3.63) is 95.1 Å². The minimum absolute atomic E-state index is 0.890. The molecule has 28 heavy (non-hydrogen) atoms. The second-order valence-corrected chi connectivity index (χ2v) is 6.66. The monoisotopic (exact) mass is 358 g/mol. The van der Waals surface area contributed by atoms with E-state index in [-0.39, 0.29) is 0 Å². The van der Waals surface area contributed by atoms with Crippen molar-refractivity contribution in [2.24, 2.45) is 0 Å². The summed E-state index contributed by atoms with van der Waals surface area (Å²) >= 11 is 0. The number of anilines is 4. The first-order chi connectivity index (χ1) is 13.8. The van der Waals surface area contributed by atoms with Crippen LogP contribution in [0.15, 0.2) is 72.8 Å². The van der Waals surface area contributed by atoms with Gasteiger partial charge < -0.3 is 10.6 Å². The molecule has 2 N–H and O–H groups in total. The van der Waals surface area contributed by atoms with Gasteiger partial charge in [-0.15, -0.1) is 0 Å². The Morgan fingerprint density at radius 1 is 0.571 bits per heavy atom. The van der Waals surface area contributed by atoms with E-state index in [1.54, 1.807) is 12.2 Å². The van der Waals surface area contributed by atoms with Crippen molar-refractivity contribution in [3.8, 4) is 12.1 Å². The summed E-state index contributed by atoms with van der Waals surface area (Å²) in [7, 11) is 0. The summed E-state index contributed by atoms with van der Waals surface area (Å²) in [5.41, 5.74) is 9.47. The fourth-order valence-electron chi connectivity index (χ4n) is 3.93. The topological polar surface area (TPSA) is 71.6 Å². The first kappa shape index (κ1) is 15.9. The van der Waals surface area contributed by atoms with Gasteiger partial charge in [-0.2, -0.15) is 10.5 Å². The molecule has 0 aromatic heterocycles. The zero-order chi connectivity index (χ0) is 19.1. The summed E-state index contributed by atoms with van der Waals surface area (Å²) in [4.78, 5) is 0. The van der Waals surface area contributed by atoms with Crippen LogP contribution in [0.5, 0.6) is 0 Å². The number of allylic oxidation sites excluding steroid dienone is 2. The van der Waals surface area contributed by atoms with Crippen LogP contribution in [0.3, 0.4) is 0 Å². The summed E-state index contributed by atoms with van der Waals surface area (Å²) in [6, 6.07) is 24.4. The number of rotatable bonds is 0. The molecule has 0 saturated carbocycles. The van der Waals surface area contributed by atoms with Crippen LogP contribution in [0.4, 0.5) is 22.7 Å². The minimum Gasteiger partial charge on any atom is -0.354 e. The number of nitrogens with zero attached hydrogens (tertiary/aromatic N) is 2. The SMILES string of the molecule is N#CC=C1c2ccccc2Nc2cc3c(cc21)Nc1ccccc1C3=CC#N. The lowest BCUT2D eigenvalue weighted by molar-refractivity contribution is 1.38. The maximum absolute atomic E-state index is 9.34. The molecule has 0 saturated heterocycles. The zero-order valence-corrected chi connectivity index (χ0v) is 14.8. The lowest BCUT2D eigenvalue weighted by Crippen LogP contribution is -2.11. The number of hydrogen-bond donors (Lipinski definition) is 2. The average Bonchev–Trinajstić information content (AvgIpc) is 2.73. The summed E-state index contributed by atoms with van der Waals surface area (Å²) in [5.74, 6) is 0. The first-order valence-corrected chi connectivity index (χ1v) is 8.91. The Morgan fingerprint density at radius 3 is 1.43 bits per heavy atom. The largest absolute Gasteiger partial charge is 0.354 e. The number of nitrogens with one attached hydrogen (secondary N) is 2. The molecule has 0 bridgehead atoms. The second-order valence-electron chi connectivity index (χ2n) is 6.66. The predicted octanol–water partition coefficient (Wildman–Crippen LogP) is 5.71. The van der Waals surface area contributed by atoms with Crippen LogP contribution in [-0.4, -0.2) is 0 Å². The molecule has 0 atom stereocenters. The van der Waals surface area contributed by atoms with Crippen molar-refractivity contribution in [2.45, 2.75) is 0 Å². The van der Waals surface area contributed by atoms with E-state index in [9.17, 15) is 10.5 Å². The Bertz CT molecular complexity index is 1180. The van der Waals surface area contributed by atoms with Crippen LogP contribution >= 0.6 is 0 Å². The van der Waals surface area contributed by atoms with Crippen molar-refractivity contribution in [1.82, 2.24) is 0 Å².